The minimum absolute atomic E-state index is 0.0946. The number of alkyl halides is 3. The van der Waals surface area contributed by atoms with Gasteiger partial charge in [0.2, 0.25) is 0 Å². The molecular formula is C19H18F3N5O. The van der Waals surface area contributed by atoms with Crippen molar-refractivity contribution in [2.75, 3.05) is 0 Å². The fourth-order valence-electron chi connectivity index (χ4n) is 3.10. The van der Waals surface area contributed by atoms with Gasteiger partial charge in [0.1, 0.15) is 6.54 Å². The molecule has 0 atom stereocenters. The summed E-state index contributed by atoms with van der Waals surface area (Å²) < 4.78 is 39.8. The van der Waals surface area contributed by atoms with Crippen molar-refractivity contribution >= 4 is 5.91 Å². The highest BCUT2D eigenvalue weighted by Gasteiger charge is 2.33. The molecular weight excluding hydrogens is 371 g/mol. The summed E-state index contributed by atoms with van der Waals surface area (Å²) in [5.41, 5.74) is 2.75. The number of nitrogens with zero attached hydrogens (tertiary/aromatic N) is 4. The van der Waals surface area contributed by atoms with Crippen LogP contribution in [0.25, 0.3) is 5.69 Å². The third-order valence-corrected chi connectivity index (χ3v) is 4.50. The van der Waals surface area contributed by atoms with E-state index >= 15 is 0 Å². The molecule has 146 valence electrons. The number of carbonyl (C=O) groups excluding carboxylic acids is 1. The molecule has 0 unspecified atom stereocenters. The molecule has 1 aliphatic rings. The van der Waals surface area contributed by atoms with Gasteiger partial charge in [0.25, 0.3) is 5.91 Å². The van der Waals surface area contributed by atoms with Crippen LogP contribution in [0.3, 0.4) is 0 Å². The average Bonchev–Trinajstić information content (AvgIpc) is 3.24. The molecule has 0 bridgehead atoms. The number of hydrogen-bond acceptors (Lipinski definition) is 3. The molecule has 1 N–H and O–H groups in total. The number of rotatable bonds is 6. The van der Waals surface area contributed by atoms with E-state index in [4.69, 9.17) is 0 Å². The van der Waals surface area contributed by atoms with Crippen LogP contribution in [0, 0.1) is 0 Å². The second-order valence-electron chi connectivity index (χ2n) is 6.81. The molecule has 1 aromatic carbocycles. The molecule has 2 aromatic heterocycles. The van der Waals surface area contributed by atoms with E-state index in [1.165, 1.54) is 12.4 Å². The van der Waals surface area contributed by atoms with Crippen LogP contribution in [-0.2, 0) is 13.1 Å². The van der Waals surface area contributed by atoms with Crippen LogP contribution in [0.15, 0.2) is 48.9 Å². The van der Waals surface area contributed by atoms with Gasteiger partial charge in [0, 0.05) is 24.2 Å². The number of hydrogen-bond donors (Lipinski definition) is 1. The van der Waals surface area contributed by atoms with Gasteiger partial charge in [-0.2, -0.15) is 23.4 Å². The fraction of sp³-hybridized carbons (Fsp3) is 0.316. The van der Waals surface area contributed by atoms with E-state index in [0.29, 0.717) is 11.1 Å². The third-order valence-electron chi connectivity index (χ3n) is 4.50. The Kier molecular flexibility index (Phi) is 4.66. The van der Waals surface area contributed by atoms with E-state index < -0.39 is 12.7 Å². The molecule has 0 spiro atoms. The zero-order valence-corrected chi connectivity index (χ0v) is 14.9. The molecule has 1 aliphatic carbocycles. The number of aromatic nitrogens is 4. The zero-order chi connectivity index (χ0) is 19.7. The van der Waals surface area contributed by atoms with Crippen LogP contribution in [0.5, 0.6) is 0 Å². The predicted octanol–water partition coefficient (Wildman–Crippen LogP) is 3.44. The van der Waals surface area contributed by atoms with Crippen molar-refractivity contribution in [2.45, 2.75) is 38.0 Å². The first kappa shape index (κ1) is 18.3. The summed E-state index contributed by atoms with van der Waals surface area (Å²) in [6, 6.07) is 9.58. The lowest BCUT2D eigenvalue weighted by Gasteiger charge is -2.09. The SMILES string of the molecule is O=C(NCc1cnn(CC(F)(F)F)c1)c1cnn(-c2ccccc2)c1C1CC1. The minimum Gasteiger partial charge on any atom is -0.348 e. The Labute approximate surface area is 159 Å². The van der Waals surface area contributed by atoms with Crippen molar-refractivity contribution in [2.24, 2.45) is 0 Å². The summed E-state index contributed by atoms with van der Waals surface area (Å²) in [5.74, 6) is -0.00866. The molecule has 1 fully saturated rings. The molecule has 0 aliphatic heterocycles. The van der Waals surface area contributed by atoms with Crippen LogP contribution in [0.2, 0.25) is 0 Å². The van der Waals surface area contributed by atoms with Crippen molar-refractivity contribution in [1.29, 1.82) is 0 Å². The highest BCUT2D eigenvalue weighted by atomic mass is 19.4. The molecule has 0 radical (unpaired) electrons. The van der Waals surface area contributed by atoms with Crippen molar-refractivity contribution in [1.82, 2.24) is 24.9 Å². The van der Waals surface area contributed by atoms with Gasteiger partial charge in [-0.15, -0.1) is 0 Å². The van der Waals surface area contributed by atoms with Gasteiger partial charge in [0.05, 0.1) is 29.3 Å². The van der Waals surface area contributed by atoms with Crippen molar-refractivity contribution < 1.29 is 18.0 Å². The second kappa shape index (κ2) is 7.14. The second-order valence-corrected chi connectivity index (χ2v) is 6.81. The largest absolute Gasteiger partial charge is 0.408 e. The summed E-state index contributed by atoms with van der Waals surface area (Å²) in [6.07, 6.45) is 1.82. The number of carbonyl (C=O) groups is 1. The Hall–Kier alpha value is -3.10. The molecule has 2 heterocycles. The van der Waals surface area contributed by atoms with E-state index in [1.54, 1.807) is 10.9 Å². The maximum Gasteiger partial charge on any atom is 0.408 e. The van der Waals surface area contributed by atoms with Crippen molar-refractivity contribution in [3.8, 4) is 5.69 Å². The number of para-hydroxylation sites is 1. The van der Waals surface area contributed by atoms with Crippen LogP contribution >= 0.6 is 0 Å². The lowest BCUT2D eigenvalue weighted by Crippen LogP contribution is -2.23. The first-order valence-electron chi connectivity index (χ1n) is 8.90. The quantitative estimate of drug-likeness (QED) is 0.703. The standard InChI is InChI=1S/C19H18F3N5O/c20-19(21,22)12-26-11-13(9-24-26)8-23-18(28)16-10-25-27(17(16)14-6-7-14)15-4-2-1-3-5-15/h1-5,9-11,14H,6-8,12H2,(H,23,28). The van der Waals surface area contributed by atoms with Gasteiger partial charge in [-0.1, -0.05) is 18.2 Å². The monoisotopic (exact) mass is 389 g/mol. The number of nitrogens with one attached hydrogen (secondary N) is 1. The molecule has 1 saturated carbocycles. The first-order valence-corrected chi connectivity index (χ1v) is 8.90. The Balaban J connectivity index is 1.48. The molecule has 6 nitrogen and oxygen atoms in total. The number of amides is 1. The molecule has 1 amide bonds. The smallest absolute Gasteiger partial charge is 0.348 e. The molecule has 0 saturated heterocycles. The van der Waals surface area contributed by atoms with Crippen LogP contribution in [0.4, 0.5) is 13.2 Å². The average molecular weight is 389 g/mol. The summed E-state index contributed by atoms with van der Waals surface area (Å²) in [6.45, 7) is -1.06. The van der Waals surface area contributed by atoms with Gasteiger partial charge in [-0.3, -0.25) is 9.48 Å². The fourth-order valence-corrected chi connectivity index (χ4v) is 3.10. The van der Waals surface area contributed by atoms with Crippen molar-refractivity contribution in [3.63, 3.8) is 0 Å². The predicted molar refractivity (Wildman–Crippen MR) is 95.0 cm³/mol. The Morgan fingerprint density at radius 3 is 2.57 bits per heavy atom. The summed E-state index contributed by atoms with van der Waals surface area (Å²) in [5, 5.41) is 10.8. The lowest BCUT2D eigenvalue weighted by atomic mass is 10.1. The summed E-state index contributed by atoms with van der Waals surface area (Å²) in [4.78, 5) is 12.7. The van der Waals surface area contributed by atoms with E-state index in [2.05, 4.69) is 15.5 Å². The van der Waals surface area contributed by atoms with E-state index in [-0.39, 0.29) is 18.4 Å². The number of halogens is 3. The minimum atomic E-state index is -4.34. The molecule has 4 rings (SSSR count). The Bertz CT molecular complexity index is 973. The zero-order valence-electron chi connectivity index (χ0n) is 14.9. The van der Waals surface area contributed by atoms with Crippen LogP contribution < -0.4 is 5.32 Å². The van der Waals surface area contributed by atoms with E-state index in [0.717, 1.165) is 28.9 Å². The van der Waals surface area contributed by atoms with Gasteiger partial charge >= 0.3 is 6.18 Å². The molecule has 3 aromatic rings. The van der Waals surface area contributed by atoms with Gasteiger partial charge in [0.15, 0.2) is 0 Å². The van der Waals surface area contributed by atoms with Crippen molar-refractivity contribution in [3.05, 3.63) is 65.7 Å². The normalized spacial score (nSPS) is 14.2. The highest BCUT2D eigenvalue weighted by Crippen LogP contribution is 2.42. The number of benzene rings is 1. The molecule has 9 heteroatoms. The van der Waals surface area contributed by atoms with Gasteiger partial charge < -0.3 is 5.32 Å². The van der Waals surface area contributed by atoms with Gasteiger partial charge in [-0.05, 0) is 25.0 Å². The van der Waals surface area contributed by atoms with E-state index in [1.807, 2.05) is 30.3 Å². The molecule has 28 heavy (non-hydrogen) atoms. The van der Waals surface area contributed by atoms with Crippen LogP contribution in [0.1, 0.15) is 40.4 Å². The van der Waals surface area contributed by atoms with E-state index in [9.17, 15) is 18.0 Å². The van der Waals surface area contributed by atoms with Crippen LogP contribution in [-0.4, -0.2) is 31.6 Å². The maximum atomic E-state index is 12.7. The summed E-state index contributed by atoms with van der Waals surface area (Å²) >= 11 is 0. The topological polar surface area (TPSA) is 64.7 Å². The highest BCUT2D eigenvalue weighted by molar-refractivity contribution is 5.95. The third kappa shape index (κ3) is 4.08. The lowest BCUT2D eigenvalue weighted by molar-refractivity contribution is -0.142. The maximum absolute atomic E-state index is 12.7. The summed E-state index contributed by atoms with van der Waals surface area (Å²) in [7, 11) is 0. The Morgan fingerprint density at radius 2 is 1.89 bits per heavy atom. The Morgan fingerprint density at radius 1 is 1.14 bits per heavy atom. The van der Waals surface area contributed by atoms with Gasteiger partial charge in [-0.25, -0.2) is 4.68 Å². The first-order chi connectivity index (χ1) is 13.4.